The SMILES string of the molecule is O=C(c1ccnc(Cl)c1)N1CC1. The van der Waals surface area contributed by atoms with Crippen LogP contribution < -0.4 is 0 Å². The van der Waals surface area contributed by atoms with Gasteiger partial charge < -0.3 is 4.90 Å². The van der Waals surface area contributed by atoms with Crippen molar-refractivity contribution in [2.45, 2.75) is 0 Å². The van der Waals surface area contributed by atoms with E-state index in [0.29, 0.717) is 10.7 Å². The van der Waals surface area contributed by atoms with Crippen molar-refractivity contribution in [3.63, 3.8) is 0 Å². The largest absolute Gasteiger partial charge is 0.335 e. The van der Waals surface area contributed by atoms with Gasteiger partial charge in [0.15, 0.2) is 0 Å². The molecule has 1 aromatic heterocycles. The second-order valence-electron chi connectivity index (χ2n) is 2.66. The number of amides is 1. The third-order valence-electron chi connectivity index (χ3n) is 1.71. The molecule has 0 radical (unpaired) electrons. The van der Waals surface area contributed by atoms with E-state index in [9.17, 15) is 4.79 Å². The number of hydrogen-bond acceptors (Lipinski definition) is 2. The van der Waals surface area contributed by atoms with Crippen molar-refractivity contribution in [3.8, 4) is 0 Å². The van der Waals surface area contributed by atoms with Gasteiger partial charge in [0, 0.05) is 24.8 Å². The second-order valence-corrected chi connectivity index (χ2v) is 3.05. The van der Waals surface area contributed by atoms with Crippen molar-refractivity contribution in [1.82, 2.24) is 9.88 Å². The normalized spacial score (nSPS) is 14.6. The Morgan fingerprint density at radius 2 is 2.33 bits per heavy atom. The summed E-state index contributed by atoms with van der Waals surface area (Å²) in [5, 5.41) is 0.364. The van der Waals surface area contributed by atoms with Crippen molar-refractivity contribution < 1.29 is 4.79 Å². The lowest BCUT2D eigenvalue weighted by Gasteiger charge is -2.00. The molecule has 0 N–H and O–H groups in total. The Kier molecular flexibility index (Phi) is 1.73. The molecular formula is C8H7ClN2O. The molecule has 0 aromatic carbocycles. The lowest BCUT2D eigenvalue weighted by atomic mass is 10.2. The lowest BCUT2D eigenvalue weighted by Crippen LogP contribution is -2.10. The van der Waals surface area contributed by atoms with E-state index in [1.807, 2.05) is 0 Å². The summed E-state index contributed by atoms with van der Waals surface area (Å²) in [7, 11) is 0. The average Bonchev–Trinajstić information content (AvgIpc) is 2.85. The molecule has 1 aliphatic rings. The highest BCUT2D eigenvalue weighted by Gasteiger charge is 2.25. The van der Waals surface area contributed by atoms with Gasteiger partial charge in [-0.25, -0.2) is 4.98 Å². The molecule has 2 rings (SSSR count). The fourth-order valence-electron chi connectivity index (χ4n) is 0.971. The van der Waals surface area contributed by atoms with Crippen LogP contribution in [0, 0.1) is 0 Å². The Morgan fingerprint density at radius 1 is 1.58 bits per heavy atom. The molecule has 0 aliphatic carbocycles. The maximum atomic E-state index is 11.4. The van der Waals surface area contributed by atoms with Gasteiger partial charge in [-0.05, 0) is 12.1 Å². The molecule has 2 heterocycles. The van der Waals surface area contributed by atoms with Crippen LogP contribution in [0.5, 0.6) is 0 Å². The smallest absolute Gasteiger partial charge is 0.254 e. The van der Waals surface area contributed by atoms with Crippen LogP contribution in [0.4, 0.5) is 0 Å². The fourth-order valence-corrected chi connectivity index (χ4v) is 1.15. The van der Waals surface area contributed by atoms with Crippen LogP contribution in [0.1, 0.15) is 10.4 Å². The first-order valence-electron chi connectivity index (χ1n) is 3.68. The molecule has 1 fully saturated rings. The number of aromatic nitrogens is 1. The van der Waals surface area contributed by atoms with Gasteiger partial charge >= 0.3 is 0 Å². The van der Waals surface area contributed by atoms with Gasteiger partial charge in [-0.15, -0.1) is 0 Å². The van der Waals surface area contributed by atoms with E-state index >= 15 is 0 Å². The molecule has 1 amide bonds. The first-order valence-corrected chi connectivity index (χ1v) is 4.06. The van der Waals surface area contributed by atoms with Gasteiger partial charge in [0.2, 0.25) is 0 Å². The molecule has 1 saturated heterocycles. The minimum atomic E-state index is 0.0410. The summed E-state index contributed by atoms with van der Waals surface area (Å²) in [4.78, 5) is 16.9. The molecule has 0 unspecified atom stereocenters. The fraction of sp³-hybridized carbons (Fsp3) is 0.250. The monoisotopic (exact) mass is 182 g/mol. The first-order chi connectivity index (χ1) is 5.77. The van der Waals surface area contributed by atoms with E-state index < -0.39 is 0 Å². The number of nitrogens with zero attached hydrogens (tertiary/aromatic N) is 2. The molecule has 1 aromatic rings. The summed E-state index contributed by atoms with van der Waals surface area (Å²) in [6.45, 7) is 1.72. The van der Waals surface area contributed by atoms with Gasteiger partial charge in [0.1, 0.15) is 5.15 Å². The highest BCUT2D eigenvalue weighted by molar-refractivity contribution is 6.29. The van der Waals surface area contributed by atoms with Gasteiger partial charge in [0.05, 0.1) is 0 Å². The highest BCUT2D eigenvalue weighted by atomic mass is 35.5. The molecule has 62 valence electrons. The molecule has 0 atom stereocenters. The van der Waals surface area contributed by atoms with E-state index in [0.717, 1.165) is 13.1 Å². The van der Waals surface area contributed by atoms with Crippen LogP contribution in [-0.4, -0.2) is 28.9 Å². The third kappa shape index (κ3) is 1.41. The number of pyridine rings is 1. The van der Waals surface area contributed by atoms with Crippen molar-refractivity contribution in [1.29, 1.82) is 0 Å². The number of carbonyl (C=O) groups is 1. The maximum Gasteiger partial charge on any atom is 0.254 e. The summed E-state index contributed by atoms with van der Waals surface area (Å²) in [6, 6.07) is 3.26. The number of hydrogen-bond donors (Lipinski definition) is 0. The van der Waals surface area contributed by atoms with Gasteiger partial charge in [0.25, 0.3) is 5.91 Å². The summed E-state index contributed by atoms with van der Waals surface area (Å²) < 4.78 is 0. The zero-order valence-electron chi connectivity index (χ0n) is 6.33. The minimum Gasteiger partial charge on any atom is -0.335 e. The molecule has 4 heteroatoms. The van der Waals surface area contributed by atoms with Crippen LogP contribution in [0.3, 0.4) is 0 Å². The number of rotatable bonds is 1. The zero-order chi connectivity index (χ0) is 8.55. The Labute approximate surface area is 75.0 Å². The Hall–Kier alpha value is -1.09. The molecule has 1 aliphatic heterocycles. The van der Waals surface area contributed by atoms with Crippen molar-refractivity contribution in [2.75, 3.05) is 13.1 Å². The summed E-state index contributed by atoms with van der Waals surface area (Å²) in [5.41, 5.74) is 0.618. The number of halogens is 1. The van der Waals surface area contributed by atoms with E-state index in [4.69, 9.17) is 11.6 Å². The predicted molar refractivity (Wildman–Crippen MR) is 45.2 cm³/mol. The van der Waals surface area contributed by atoms with Crippen LogP contribution >= 0.6 is 11.6 Å². The molecule has 0 saturated carbocycles. The van der Waals surface area contributed by atoms with Crippen LogP contribution in [0.2, 0.25) is 5.15 Å². The van der Waals surface area contributed by atoms with E-state index in [-0.39, 0.29) is 5.91 Å². The van der Waals surface area contributed by atoms with Gasteiger partial charge in [-0.1, -0.05) is 11.6 Å². The number of carbonyl (C=O) groups excluding carboxylic acids is 1. The lowest BCUT2D eigenvalue weighted by molar-refractivity contribution is 0.0885. The predicted octanol–water partition coefficient (Wildman–Crippen LogP) is 1.19. The standard InChI is InChI=1S/C8H7ClN2O/c9-7-5-6(1-2-10-7)8(12)11-3-4-11/h1-2,5H,3-4H2. The summed E-state index contributed by atoms with van der Waals surface area (Å²) in [5.74, 6) is 0.0410. The van der Waals surface area contributed by atoms with E-state index in [2.05, 4.69) is 4.98 Å². The summed E-state index contributed by atoms with van der Waals surface area (Å²) >= 11 is 5.63. The average molecular weight is 183 g/mol. The molecular weight excluding hydrogens is 176 g/mol. The molecule has 12 heavy (non-hydrogen) atoms. The van der Waals surface area contributed by atoms with Crippen LogP contribution in [0.15, 0.2) is 18.3 Å². The third-order valence-corrected chi connectivity index (χ3v) is 1.91. The van der Waals surface area contributed by atoms with Crippen molar-refractivity contribution >= 4 is 17.5 Å². The quantitative estimate of drug-likeness (QED) is 0.483. The zero-order valence-corrected chi connectivity index (χ0v) is 7.08. The Balaban J connectivity index is 2.26. The van der Waals surface area contributed by atoms with Gasteiger partial charge in [-0.3, -0.25) is 4.79 Å². The molecule has 3 nitrogen and oxygen atoms in total. The van der Waals surface area contributed by atoms with Crippen molar-refractivity contribution in [3.05, 3.63) is 29.0 Å². The van der Waals surface area contributed by atoms with Crippen molar-refractivity contribution in [2.24, 2.45) is 0 Å². The summed E-state index contributed by atoms with van der Waals surface area (Å²) in [6.07, 6.45) is 1.54. The second kappa shape index (κ2) is 2.75. The van der Waals surface area contributed by atoms with E-state index in [1.54, 1.807) is 23.2 Å². The van der Waals surface area contributed by atoms with Crippen LogP contribution in [-0.2, 0) is 0 Å². The minimum absolute atomic E-state index is 0.0410. The topological polar surface area (TPSA) is 33.0 Å². The molecule has 0 spiro atoms. The Morgan fingerprint density at radius 3 is 2.92 bits per heavy atom. The van der Waals surface area contributed by atoms with E-state index in [1.165, 1.54) is 0 Å². The maximum absolute atomic E-state index is 11.4. The van der Waals surface area contributed by atoms with Gasteiger partial charge in [-0.2, -0.15) is 0 Å². The first kappa shape index (κ1) is 7.55. The highest BCUT2D eigenvalue weighted by Crippen LogP contribution is 2.13. The molecule has 0 bridgehead atoms. The Bertz CT molecular complexity index is 323. The van der Waals surface area contributed by atoms with Crippen LogP contribution in [0.25, 0.3) is 0 Å².